The van der Waals surface area contributed by atoms with E-state index in [0.29, 0.717) is 18.0 Å². The minimum atomic E-state index is -0.151. The normalized spacial score (nSPS) is 37.6. The first-order valence-corrected chi connectivity index (χ1v) is 7.07. The van der Waals surface area contributed by atoms with Crippen molar-refractivity contribution in [2.24, 2.45) is 0 Å². The number of rotatable bonds is 3. The molecule has 0 aromatic heterocycles. The first kappa shape index (κ1) is 10.6. The molecule has 2 aliphatic rings. The minimum Gasteiger partial charge on any atom is -0.391 e. The number of benzene rings is 1. The fraction of sp³-hybridized carbons (Fsp3) is 0.538. The average molecular weight is 235 g/mol. The van der Waals surface area contributed by atoms with Crippen molar-refractivity contribution in [2.45, 2.75) is 30.5 Å². The number of aliphatic hydroxyl groups is 1. The van der Waals surface area contributed by atoms with E-state index in [9.17, 15) is 5.11 Å². The van der Waals surface area contributed by atoms with Gasteiger partial charge >= 0.3 is 0 Å². The molecular formula is C13H17NOS. The molecule has 4 atom stereocenters. The Morgan fingerprint density at radius 2 is 1.94 bits per heavy atom. The van der Waals surface area contributed by atoms with Crippen LogP contribution in [-0.4, -0.2) is 34.8 Å². The Bertz CT molecular complexity index is 356. The van der Waals surface area contributed by atoms with Gasteiger partial charge in [0.1, 0.15) is 0 Å². The van der Waals surface area contributed by atoms with Crippen molar-refractivity contribution in [1.82, 2.24) is 5.32 Å². The Kier molecular flexibility index (Phi) is 2.92. The minimum absolute atomic E-state index is 0.151. The highest BCUT2D eigenvalue weighted by atomic mass is 32.2. The lowest BCUT2D eigenvalue weighted by molar-refractivity contribution is 0.165. The van der Waals surface area contributed by atoms with Gasteiger partial charge in [-0.15, -0.1) is 0 Å². The van der Waals surface area contributed by atoms with Crippen molar-refractivity contribution in [2.75, 3.05) is 11.5 Å². The molecule has 1 aromatic carbocycles. The van der Waals surface area contributed by atoms with E-state index in [-0.39, 0.29) is 6.10 Å². The molecule has 0 radical (unpaired) electrons. The predicted molar refractivity (Wildman–Crippen MR) is 67.8 cm³/mol. The number of hydrogen-bond donors (Lipinski definition) is 2. The number of hydrogen-bond acceptors (Lipinski definition) is 3. The van der Waals surface area contributed by atoms with Crippen molar-refractivity contribution in [3.8, 4) is 0 Å². The molecule has 4 unspecified atom stereocenters. The van der Waals surface area contributed by atoms with E-state index >= 15 is 0 Å². The summed E-state index contributed by atoms with van der Waals surface area (Å²) in [6, 6.07) is 11.6. The molecule has 1 heterocycles. The summed E-state index contributed by atoms with van der Waals surface area (Å²) in [6.45, 7) is 0. The van der Waals surface area contributed by atoms with E-state index in [1.54, 1.807) is 0 Å². The summed E-state index contributed by atoms with van der Waals surface area (Å²) < 4.78 is 0. The average Bonchev–Trinajstić information content (AvgIpc) is 2.97. The van der Waals surface area contributed by atoms with Gasteiger partial charge in [-0.25, -0.2) is 0 Å². The molecule has 2 fully saturated rings. The highest BCUT2D eigenvalue weighted by molar-refractivity contribution is 7.99. The molecule has 3 heteroatoms. The second kappa shape index (κ2) is 4.40. The first-order valence-electron chi connectivity index (χ1n) is 5.91. The first-order chi connectivity index (χ1) is 7.84. The lowest BCUT2D eigenvalue weighted by Gasteiger charge is -2.15. The van der Waals surface area contributed by atoms with Crippen LogP contribution in [0.15, 0.2) is 30.3 Å². The zero-order chi connectivity index (χ0) is 11.0. The molecule has 16 heavy (non-hydrogen) atoms. The number of thioether (sulfide) groups is 1. The fourth-order valence-corrected chi connectivity index (χ4v) is 3.61. The third-order valence-corrected chi connectivity index (χ3v) is 4.67. The van der Waals surface area contributed by atoms with Gasteiger partial charge in [0, 0.05) is 29.5 Å². The van der Waals surface area contributed by atoms with E-state index in [0.717, 1.165) is 11.5 Å². The van der Waals surface area contributed by atoms with Gasteiger partial charge in [-0.05, 0) is 12.0 Å². The summed E-state index contributed by atoms with van der Waals surface area (Å²) in [5.41, 5.74) is 1.43. The Hall–Kier alpha value is -0.510. The van der Waals surface area contributed by atoms with Crippen LogP contribution in [0, 0.1) is 0 Å². The topological polar surface area (TPSA) is 32.3 Å². The summed E-state index contributed by atoms with van der Waals surface area (Å²) in [7, 11) is 0. The van der Waals surface area contributed by atoms with Gasteiger partial charge in [0.15, 0.2) is 0 Å². The SMILES string of the molecule is OC1CSCC1NC1CC1c1ccccc1. The highest BCUT2D eigenvalue weighted by Gasteiger charge is 2.41. The van der Waals surface area contributed by atoms with Crippen LogP contribution < -0.4 is 5.32 Å². The van der Waals surface area contributed by atoms with Gasteiger partial charge in [-0.1, -0.05) is 30.3 Å². The van der Waals surface area contributed by atoms with Gasteiger partial charge in [0.05, 0.1) is 6.10 Å². The predicted octanol–water partition coefficient (Wildman–Crippen LogP) is 1.61. The van der Waals surface area contributed by atoms with Gasteiger partial charge in [0.25, 0.3) is 0 Å². The molecule has 0 amide bonds. The summed E-state index contributed by atoms with van der Waals surface area (Å²) in [5, 5.41) is 13.3. The molecule has 0 spiro atoms. The van der Waals surface area contributed by atoms with Crippen LogP contribution in [0.5, 0.6) is 0 Å². The lowest BCUT2D eigenvalue weighted by Crippen LogP contribution is -2.40. The van der Waals surface area contributed by atoms with Crippen LogP contribution in [0.3, 0.4) is 0 Å². The van der Waals surface area contributed by atoms with E-state index in [1.165, 1.54) is 12.0 Å². The standard InChI is InChI=1S/C13H17NOS/c15-13-8-16-7-12(13)14-11-6-10(11)9-4-2-1-3-5-9/h1-5,10-15H,6-8H2. The van der Waals surface area contributed by atoms with Gasteiger partial charge < -0.3 is 10.4 Å². The Morgan fingerprint density at radius 1 is 1.12 bits per heavy atom. The third-order valence-electron chi connectivity index (χ3n) is 3.50. The van der Waals surface area contributed by atoms with Crippen molar-refractivity contribution < 1.29 is 5.11 Å². The Morgan fingerprint density at radius 3 is 2.62 bits per heavy atom. The molecule has 86 valence electrons. The number of nitrogens with one attached hydrogen (secondary N) is 1. The molecule has 1 saturated heterocycles. The monoisotopic (exact) mass is 235 g/mol. The number of aliphatic hydroxyl groups excluding tert-OH is 1. The second-order valence-electron chi connectivity index (χ2n) is 4.74. The van der Waals surface area contributed by atoms with Gasteiger partial charge in [0.2, 0.25) is 0 Å². The molecular weight excluding hydrogens is 218 g/mol. The van der Waals surface area contributed by atoms with Gasteiger partial charge in [-0.2, -0.15) is 11.8 Å². The summed E-state index contributed by atoms with van der Waals surface area (Å²) in [4.78, 5) is 0. The van der Waals surface area contributed by atoms with E-state index in [2.05, 4.69) is 35.6 Å². The molecule has 1 saturated carbocycles. The maximum atomic E-state index is 9.74. The maximum absolute atomic E-state index is 9.74. The smallest absolute Gasteiger partial charge is 0.0791 e. The van der Waals surface area contributed by atoms with Gasteiger partial charge in [-0.3, -0.25) is 0 Å². The quantitative estimate of drug-likeness (QED) is 0.835. The van der Waals surface area contributed by atoms with Crippen LogP contribution in [0.4, 0.5) is 0 Å². The zero-order valence-corrected chi connectivity index (χ0v) is 9.99. The maximum Gasteiger partial charge on any atom is 0.0791 e. The second-order valence-corrected chi connectivity index (χ2v) is 5.81. The molecule has 1 aromatic rings. The molecule has 1 aliphatic carbocycles. The van der Waals surface area contributed by atoms with Crippen molar-refractivity contribution in [1.29, 1.82) is 0 Å². The molecule has 1 aliphatic heterocycles. The van der Waals surface area contributed by atoms with Crippen LogP contribution in [0.1, 0.15) is 17.9 Å². The van der Waals surface area contributed by atoms with Crippen LogP contribution in [-0.2, 0) is 0 Å². The van der Waals surface area contributed by atoms with E-state index in [1.807, 2.05) is 11.8 Å². The largest absolute Gasteiger partial charge is 0.391 e. The summed E-state index contributed by atoms with van der Waals surface area (Å²) >= 11 is 1.84. The fourth-order valence-electron chi connectivity index (χ4n) is 2.42. The summed E-state index contributed by atoms with van der Waals surface area (Å²) in [6.07, 6.45) is 1.07. The molecule has 2 N–H and O–H groups in total. The van der Waals surface area contributed by atoms with E-state index < -0.39 is 0 Å². The summed E-state index contributed by atoms with van der Waals surface area (Å²) in [5.74, 6) is 2.61. The highest BCUT2D eigenvalue weighted by Crippen LogP contribution is 2.41. The van der Waals surface area contributed by atoms with Crippen molar-refractivity contribution in [3.05, 3.63) is 35.9 Å². The Balaban J connectivity index is 1.56. The third kappa shape index (κ3) is 2.12. The zero-order valence-electron chi connectivity index (χ0n) is 9.17. The van der Waals surface area contributed by atoms with E-state index in [4.69, 9.17) is 0 Å². The van der Waals surface area contributed by atoms with Crippen LogP contribution in [0.25, 0.3) is 0 Å². The molecule has 0 bridgehead atoms. The molecule has 3 rings (SSSR count). The van der Waals surface area contributed by atoms with Crippen molar-refractivity contribution >= 4 is 11.8 Å². The molecule has 2 nitrogen and oxygen atoms in total. The van der Waals surface area contributed by atoms with Crippen molar-refractivity contribution in [3.63, 3.8) is 0 Å². The van der Waals surface area contributed by atoms with Crippen LogP contribution >= 0.6 is 11.8 Å². The lowest BCUT2D eigenvalue weighted by atomic mass is 10.1. The van der Waals surface area contributed by atoms with Crippen LogP contribution in [0.2, 0.25) is 0 Å². The Labute approximate surface area is 100 Å².